The molecule has 0 fully saturated rings. The van der Waals surface area contributed by atoms with Gasteiger partial charge in [0.25, 0.3) is 0 Å². The highest BCUT2D eigenvalue weighted by atomic mass is 35.5. The Morgan fingerprint density at radius 3 is 2.41 bits per heavy atom. The summed E-state index contributed by atoms with van der Waals surface area (Å²) in [5.74, 6) is 2.35. The molecule has 0 spiro atoms. The molecule has 0 unspecified atom stereocenters. The van der Waals surface area contributed by atoms with Crippen molar-refractivity contribution in [3.63, 3.8) is 0 Å². The number of unbranched alkanes of at least 4 members (excludes halogenated alkanes) is 1. The van der Waals surface area contributed by atoms with E-state index in [2.05, 4.69) is 0 Å². The van der Waals surface area contributed by atoms with Crippen molar-refractivity contribution >= 4 is 11.6 Å². The molecule has 0 saturated carbocycles. The summed E-state index contributed by atoms with van der Waals surface area (Å²) in [6.45, 7) is 3.31. The number of methoxy groups -OCH3 is 1. The first kappa shape index (κ1) is 16.5. The van der Waals surface area contributed by atoms with Crippen molar-refractivity contribution in [3.05, 3.63) is 53.1 Å². The Hall–Kier alpha value is -1.87. The van der Waals surface area contributed by atoms with Gasteiger partial charge in [-0.1, -0.05) is 23.7 Å². The van der Waals surface area contributed by atoms with Crippen LogP contribution in [0.3, 0.4) is 0 Å². The second-order valence-corrected chi connectivity index (χ2v) is 5.45. The van der Waals surface area contributed by atoms with Gasteiger partial charge in [0.1, 0.15) is 5.75 Å². The van der Waals surface area contributed by atoms with Gasteiger partial charge in [0.2, 0.25) is 0 Å². The number of ether oxygens (including phenoxy) is 3. The molecular weight excluding hydrogens is 300 g/mol. The molecule has 0 aliphatic heterocycles. The molecule has 0 heterocycles. The fourth-order valence-corrected chi connectivity index (χ4v) is 2.21. The van der Waals surface area contributed by atoms with E-state index in [0.29, 0.717) is 18.2 Å². The Balaban J connectivity index is 1.67. The third kappa shape index (κ3) is 5.15. The van der Waals surface area contributed by atoms with Crippen LogP contribution in [0.2, 0.25) is 5.02 Å². The summed E-state index contributed by atoms with van der Waals surface area (Å²) in [6.07, 6.45) is 1.83. The maximum atomic E-state index is 5.90. The molecule has 0 bridgehead atoms. The summed E-state index contributed by atoms with van der Waals surface area (Å²) in [5, 5.41) is 0.687. The Labute approximate surface area is 136 Å². The first-order valence-corrected chi connectivity index (χ1v) is 7.72. The Morgan fingerprint density at radius 1 is 0.909 bits per heavy atom. The van der Waals surface area contributed by atoms with E-state index in [4.69, 9.17) is 25.8 Å². The maximum absolute atomic E-state index is 5.90. The molecule has 0 radical (unpaired) electrons. The highest BCUT2D eigenvalue weighted by Crippen LogP contribution is 2.27. The van der Waals surface area contributed by atoms with Gasteiger partial charge in [-0.15, -0.1) is 0 Å². The molecule has 0 N–H and O–H groups in total. The number of halogens is 1. The molecule has 118 valence electrons. The summed E-state index contributed by atoms with van der Waals surface area (Å²) in [4.78, 5) is 0. The minimum absolute atomic E-state index is 0.637. The van der Waals surface area contributed by atoms with Gasteiger partial charge in [0, 0.05) is 5.02 Å². The first-order valence-electron chi connectivity index (χ1n) is 7.35. The topological polar surface area (TPSA) is 27.7 Å². The van der Waals surface area contributed by atoms with Crippen LogP contribution < -0.4 is 14.2 Å². The smallest absolute Gasteiger partial charge is 0.161 e. The van der Waals surface area contributed by atoms with Crippen LogP contribution in [0.1, 0.15) is 18.4 Å². The Morgan fingerprint density at radius 2 is 1.68 bits per heavy atom. The summed E-state index contributed by atoms with van der Waals surface area (Å²) in [6, 6.07) is 13.4. The van der Waals surface area contributed by atoms with Crippen LogP contribution in [-0.4, -0.2) is 20.3 Å². The monoisotopic (exact) mass is 320 g/mol. The van der Waals surface area contributed by atoms with E-state index < -0.39 is 0 Å². The molecule has 22 heavy (non-hydrogen) atoms. The summed E-state index contributed by atoms with van der Waals surface area (Å²) < 4.78 is 16.7. The SMILES string of the molecule is COc1cc(C)ccc1OCCCCOc1cccc(Cl)c1. The van der Waals surface area contributed by atoms with Crippen LogP contribution in [0.4, 0.5) is 0 Å². The third-order valence-corrected chi connectivity index (χ3v) is 3.42. The lowest BCUT2D eigenvalue weighted by Gasteiger charge is -2.11. The van der Waals surface area contributed by atoms with Gasteiger partial charge in [0.15, 0.2) is 11.5 Å². The molecule has 2 aromatic carbocycles. The second-order valence-electron chi connectivity index (χ2n) is 5.02. The fourth-order valence-electron chi connectivity index (χ4n) is 2.03. The predicted molar refractivity (Wildman–Crippen MR) is 89.4 cm³/mol. The van der Waals surface area contributed by atoms with Crippen molar-refractivity contribution in [3.8, 4) is 17.2 Å². The molecule has 0 saturated heterocycles. The van der Waals surface area contributed by atoms with E-state index in [1.807, 2.05) is 49.4 Å². The standard InChI is InChI=1S/C18H21ClO3/c1-14-8-9-17(18(12-14)20-2)22-11-4-3-10-21-16-7-5-6-15(19)13-16/h5-9,12-13H,3-4,10-11H2,1-2H3. The lowest BCUT2D eigenvalue weighted by Crippen LogP contribution is -2.03. The molecule has 0 aromatic heterocycles. The van der Waals surface area contributed by atoms with Crippen LogP contribution in [0.5, 0.6) is 17.2 Å². The van der Waals surface area contributed by atoms with Crippen LogP contribution in [0, 0.1) is 6.92 Å². The summed E-state index contributed by atoms with van der Waals surface area (Å²) in [7, 11) is 1.65. The van der Waals surface area contributed by atoms with Crippen LogP contribution >= 0.6 is 11.6 Å². The van der Waals surface area contributed by atoms with Gasteiger partial charge < -0.3 is 14.2 Å². The van der Waals surface area contributed by atoms with E-state index in [1.54, 1.807) is 7.11 Å². The van der Waals surface area contributed by atoms with Gasteiger partial charge in [-0.2, -0.15) is 0 Å². The van der Waals surface area contributed by atoms with Crippen molar-refractivity contribution in [2.24, 2.45) is 0 Å². The number of hydrogen-bond donors (Lipinski definition) is 0. The highest BCUT2D eigenvalue weighted by Gasteiger charge is 2.04. The average molecular weight is 321 g/mol. The number of rotatable bonds is 8. The van der Waals surface area contributed by atoms with E-state index in [9.17, 15) is 0 Å². The molecular formula is C18H21ClO3. The molecule has 0 amide bonds. The van der Waals surface area contributed by atoms with Crippen molar-refractivity contribution in [1.82, 2.24) is 0 Å². The summed E-state index contributed by atoms with van der Waals surface area (Å²) in [5.41, 5.74) is 1.15. The molecule has 0 aliphatic carbocycles. The minimum atomic E-state index is 0.637. The zero-order valence-corrected chi connectivity index (χ0v) is 13.7. The highest BCUT2D eigenvalue weighted by molar-refractivity contribution is 6.30. The quantitative estimate of drug-likeness (QED) is 0.648. The second kappa shape index (κ2) is 8.54. The Bertz CT molecular complexity index is 599. The summed E-state index contributed by atoms with van der Waals surface area (Å²) >= 11 is 5.90. The largest absolute Gasteiger partial charge is 0.494 e. The number of hydrogen-bond acceptors (Lipinski definition) is 3. The number of aryl methyl sites for hydroxylation is 1. The maximum Gasteiger partial charge on any atom is 0.161 e. The lowest BCUT2D eigenvalue weighted by atomic mass is 10.2. The van der Waals surface area contributed by atoms with Crippen LogP contribution in [0.15, 0.2) is 42.5 Å². The zero-order valence-electron chi connectivity index (χ0n) is 13.0. The van der Waals surface area contributed by atoms with E-state index in [-0.39, 0.29) is 0 Å². The van der Waals surface area contributed by atoms with Crippen molar-refractivity contribution < 1.29 is 14.2 Å². The molecule has 0 atom stereocenters. The van der Waals surface area contributed by atoms with Gasteiger partial charge in [-0.05, 0) is 55.7 Å². The lowest BCUT2D eigenvalue weighted by molar-refractivity contribution is 0.258. The predicted octanol–water partition coefficient (Wildman–Crippen LogP) is 4.90. The van der Waals surface area contributed by atoms with Crippen LogP contribution in [-0.2, 0) is 0 Å². The van der Waals surface area contributed by atoms with E-state index in [1.165, 1.54) is 0 Å². The zero-order chi connectivity index (χ0) is 15.8. The van der Waals surface area contributed by atoms with E-state index in [0.717, 1.165) is 35.7 Å². The molecule has 0 aliphatic rings. The van der Waals surface area contributed by atoms with E-state index >= 15 is 0 Å². The van der Waals surface area contributed by atoms with Crippen molar-refractivity contribution in [1.29, 1.82) is 0 Å². The average Bonchev–Trinajstić information content (AvgIpc) is 2.52. The molecule has 2 rings (SSSR count). The third-order valence-electron chi connectivity index (χ3n) is 3.18. The van der Waals surface area contributed by atoms with Crippen molar-refractivity contribution in [2.45, 2.75) is 19.8 Å². The van der Waals surface area contributed by atoms with Gasteiger partial charge >= 0.3 is 0 Å². The molecule has 3 nitrogen and oxygen atoms in total. The van der Waals surface area contributed by atoms with Crippen LogP contribution in [0.25, 0.3) is 0 Å². The van der Waals surface area contributed by atoms with Gasteiger partial charge in [-0.25, -0.2) is 0 Å². The molecule has 2 aromatic rings. The molecule has 4 heteroatoms. The normalized spacial score (nSPS) is 10.3. The number of benzene rings is 2. The Kier molecular flexibility index (Phi) is 6.41. The van der Waals surface area contributed by atoms with Gasteiger partial charge in [0.05, 0.1) is 20.3 Å². The van der Waals surface area contributed by atoms with Crippen molar-refractivity contribution in [2.75, 3.05) is 20.3 Å². The van der Waals surface area contributed by atoms with Gasteiger partial charge in [-0.3, -0.25) is 0 Å². The first-order chi connectivity index (χ1) is 10.7. The fraction of sp³-hybridized carbons (Fsp3) is 0.333. The minimum Gasteiger partial charge on any atom is -0.494 e.